The van der Waals surface area contributed by atoms with Gasteiger partial charge in [0.15, 0.2) is 5.76 Å². The molecule has 0 aliphatic rings. The number of nitrogens with zero attached hydrogens (tertiary/aromatic N) is 2. The Morgan fingerprint density at radius 2 is 2.30 bits per heavy atom. The maximum atomic E-state index is 10.9. The van der Waals surface area contributed by atoms with Crippen LogP contribution in [0, 0.1) is 10.1 Å². The molecule has 0 fully saturated rings. The number of amides is 1. The number of hydrogen-bond acceptors (Lipinski definition) is 6. The van der Waals surface area contributed by atoms with Gasteiger partial charge in [0.2, 0.25) is 5.82 Å². The lowest BCUT2D eigenvalue weighted by molar-refractivity contribution is -0.384. The SMILES string of the molecule is NC(=O)c1ccc(CNc2ncc(Br)cc2[N+](=O)[O-])o1. The molecule has 1 amide bonds. The van der Waals surface area contributed by atoms with E-state index in [1.807, 2.05) is 0 Å². The van der Waals surface area contributed by atoms with Crippen molar-refractivity contribution >= 4 is 33.3 Å². The number of halogens is 1. The van der Waals surface area contributed by atoms with Crippen LogP contribution in [0.5, 0.6) is 0 Å². The zero-order valence-electron chi connectivity index (χ0n) is 10.00. The van der Waals surface area contributed by atoms with Crippen LogP contribution in [-0.4, -0.2) is 15.8 Å². The van der Waals surface area contributed by atoms with E-state index in [0.29, 0.717) is 10.2 Å². The van der Waals surface area contributed by atoms with Crippen molar-refractivity contribution in [2.45, 2.75) is 6.54 Å². The molecule has 0 saturated heterocycles. The highest BCUT2D eigenvalue weighted by molar-refractivity contribution is 9.10. The van der Waals surface area contributed by atoms with E-state index in [1.54, 1.807) is 6.07 Å². The van der Waals surface area contributed by atoms with Gasteiger partial charge in [0.1, 0.15) is 5.76 Å². The number of rotatable bonds is 5. The second-order valence-corrected chi connectivity index (χ2v) is 4.68. The van der Waals surface area contributed by atoms with Crippen molar-refractivity contribution in [2.24, 2.45) is 5.73 Å². The Morgan fingerprint density at radius 3 is 2.90 bits per heavy atom. The van der Waals surface area contributed by atoms with Crippen molar-refractivity contribution in [3.05, 3.63) is 50.5 Å². The van der Waals surface area contributed by atoms with Gasteiger partial charge in [0, 0.05) is 16.7 Å². The predicted molar refractivity (Wildman–Crippen MR) is 73.1 cm³/mol. The molecule has 0 aliphatic carbocycles. The average molecular weight is 341 g/mol. The molecule has 0 unspecified atom stereocenters. The van der Waals surface area contributed by atoms with Crippen molar-refractivity contribution in [1.29, 1.82) is 0 Å². The largest absolute Gasteiger partial charge is 0.454 e. The molecule has 2 rings (SSSR count). The summed E-state index contributed by atoms with van der Waals surface area (Å²) in [6.07, 6.45) is 1.44. The van der Waals surface area contributed by atoms with E-state index in [-0.39, 0.29) is 23.8 Å². The van der Waals surface area contributed by atoms with E-state index < -0.39 is 10.8 Å². The number of aromatic nitrogens is 1. The normalized spacial score (nSPS) is 10.2. The monoisotopic (exact) mass is 340 g/mol. The Hall–Kier alpha value is -2.42. The maximum Gasteiger partial charge on any atom is 0.312 e. The summed E-state index contributed by atoms with van der Waals surface area (Å²) < 4.78 is 5.65. The first kappa shape index (κ1) is 14.0. The first-order chi connectivity index (χ1) is 9.47. The molecule has 0 bridgehead atoms. The summed E-state index contributed by atoms with van der Waals surface area (Å²) in [5, 5.41) is 13.7. The van der Waals surface area contributed by atoms with Crippen LogP contribution in [0.1, 0.15) is 16.3 Å². The van der Waals surface area contributed by atoms with Crippen LogP contribution in [0.15, 0.2) is 33.3 Å². The van der Waals surface area contributed by atoms with Gasteiger partial charge in [-0.15, -0.1) is 0 Å². The molecular weight excluding hydrogens is 332 g/mol. The number of furan rings is 1. The van der Waals surface area contributed by atoms with E-state index >= 15 is 0 Å². The van der Waals surface area contributed by atoms with Crippen molar-refractivity contribution < 1.29 is 14.1 Å². The van der Waals surface area contributed by atoms with Gasteiger partial charge in [-0.05, 0) is 28.1 Å². The Balaban J connectivity index is 2.14. The fourth-order valence-corrected chi connectivity index (χ4v) is 1.80. The molecule has 3 N–H and O–H groups in total. The fraction of sp³-hybridized carbons (Fsp3) is 0.0909. The van der Waals surface area contributed by atoms with Crippen LogP contribution in [-0.2, 0) is 6.54 Å². The molecule has 8 nitrogen and oxygen atoms in total. The number of nitrogens with one attached hydrogen (secondary N) is 1. The van der Waals surface area contributed by atoms with E-state index in [0.717, 1.165) is 0 Å². The van der Waals surface area contributed by atoms with Crippen LogP contribution in [0.25, 0.3) is 0 Å². The number of anilines is 1. The molecule has 0 spiro atoms. The number of carbonyl (C=O) groups is 1. The van der Waals surface area contributed by atoms with Gasteiger partial charge in [-0.2, -0.15) is 0 Å². The minimum absolute atomic E-state index is 0.0278. The molecule has 104 valence electrons. The highest BCUT2D eigenvalue weighted by Gasteiger charge is 2.16. The lowest BCUT2D eigenvalue weighted by Gasteiger charge is -2.04. The van der Waals surface area contributed by atoms with Crippen molar-refractivity contribution in [1.82, 2.24) is 4.98 Å². The van der Waals surface area contributed by atoms with Crippen molar-refractivity contribution in [2.75, 3.05) is 5.32 Å². The van der Waals surface area contributed by atoms with Gasteiger partial charge in [0.25, 0.3) is 5.91 Å². The summed E-state index contributed by atoms with van der Waals surface area (Å²) in [4.78, 5) is 25.1. The maximum absolute atomic E-state index is 10.9. The van der Waals surface area contributed by atoms with Gasteiger partial charge in [-0.3, -0.25) is 14.9 Å². The average Bonchev–Trinajstić information content (AvgIpc) is 2.86. The summed E-state index contributed by atoms with van der Waals surface area (Å²) in [5.74, 6) is -0.128. The topological polar surface area (TPSA) is 124 Å². The molecule has 9 heteroatoms. The molecule has 20 heavy (non-hydrogen) atoms. The van der Waals surface area contributed by atoms with Crippen LogP contribution in [0.2, 0.25) is 0 Å². The van der Waals surface area contributed by atoms with E-state index in [1.165, 1.54) is 18.3 Å². The van der Waals surface area contributed by atoms with Gasteiger partial charge in [-0.1, -0.05) is 0 Å². The van der Waals surface area contributed by atoms with Crippen LogP contribution in [0.4, 0.5) is 11.5 Å². The summed E-state index contributed by atoms with van der Waals surface area (Å²) in [6.45, 7) is 0.142. The minimum atomic E-state index is -0.677. The third kappa shape index (κ3) is 3.12. The zero-order chi connectivity index (χ0) is 14.7. The standard InChI is InChI=1S/C11H9BrN4O4/c12-6-3-8(16(18)19)11(14-4-6)15-5-7-1-2-9(20-7)10(13)17/h1-4H,5H2,(H2,13,17)(H,14,15). The summed E-state index contributed by atoms with van der Waals surface area (Å²) in [5.41, 5.74) is 4.89. The number of nitro groups is 1. The zero-order valence-corrected chi connectivity index (χ0v) is 11.6. The molecule has 0 saturated carbocycles. The number of carbonyl (C=O) groups excluding carboxylic acids is 1. The fourth-order valence-electron chi connectivity index (χ4n) is 1.48. The summed E-state index contributed by atoms with van der Waals surface area (Å²) in [7, 11) is 0. The van der Waals surface area contributed by atoms with Gasteiger partial charge in [0.05, 0.1) is 11.5 Å². The molecule has 2 aromatic rings. The third-order valence-corrected chi connectivity index (χ3v) is 2.80. The van der Waals surface area contributed by atoms with Gasteiger partial charge in [-0.25, -0.2) is 4.98 Å². The van der Waals surface area contributed by atoms with Crippen molar-refractivity contribution in [3.8, 4) is 0 Å². The lowest BCUT2D eigenvalue weighted by atomic mass is 10.3. The number of hydrogen-bond donors (Lipinski definition) is 2. The minimum Gasteiger partial charge on any atom is -0.454 e. The molecule has 0 atom stereocenters. The number of nitrogens with two attached hydrogens (primary N) is 1. The molecular formula is C11H9BrN4O4. The molecule has 0 radical (unpaired) electrons. The molecule has 2 heterocycles. The van der Waals surface area contributed by atoms with Crippen LogP contribution in [0.3, 0.4) is 0 Å². The lowest BCUT2D eigenvalue weighted by Crippen LogP contribution is -2.09. The van der Waals surface area contributed by atoms with Gasteiger partial charge >= 0.3 is 5.69 Å². The predicted octanol–water partition coefficient (Wildman–Crippen LogP) is 2.06. The quantitative estimate of drug-likeness (QED) is 0.633. The highest BCUT2D eigenvalue weighted by Crippen LogP contribution is 2.25. The first-order valence-corrected chi connectivity index (χ1v) is 6.19. The van der Waals surface area contributed by atoms with Crippen LogP contribution >= 0.6 is 15.9 Å². The van der Waals surface area contributed by atoms with E-state index in [4.69, 9.17) is 10.2 Å². The summed E-state index contributed by atoms with van der Waals surface area (Å²) >= 11 is 3.12. The second-order valence-electron chi connectivity index (χ2n) is 3.76. The Bertz CT molecular complexity index is 670. The van der Waals surface area contributed by atoms with Crippen LogP contribution < -0.4 is 11.1 Å². The van der Waals surface area contributed by atoms with Gasteiger partial charge < -0.3 is 15.5 Å². The third-order valence-electron chi connectivity index (χ3n) is 2.37. The Labute approximate surface area is 121 Å². The number of pyridine rings is 1. The molecule has 0 aliphatic heterocycles. The summed E-state index contributed by atoms with van der Waals surface area (Å²) in [6, 6.07) is 4.33. The second kappa shape index (κ2) is 5.70. The van der Waals surface area contributed by atoms with E-state index in [9.17, 15) is 14.9 Å². The molecule has 0 aromatic carbocycles. The Morgan fingerprint density at radius 1 is 1.55 bits per heavy atom. The Kier molecular flexibility index (Phi) is 3.99. The van der Waals surface area contributed by atoms with Crippen molar-refractivity contribution in [3.63, 3.8) is 0 Å². The first-order valence-electron chi connectivity index (χ1n) is 5.39. The molecule has 2 aromatic heterocycles. The number of primary amides is 1. The highest BCUT2D eigenvalue weighted by atomic mass is 79.9. The smallest absolute Gasteiger partial charge is 0.312 e. The van der Waals surface area contributed by atoms with E-state index in [2.05, 4.69) is 26.2 Å².